The first-order valence-electron chi connectivity index (χ1n) is 6.39. The summed E-state index contributed by atoms with van der Waals surface area (Å²) in [6.07, 6.45) is 2.47. The summed E-state index contributed by atoms with van der Waals surface area (Å²) in [6.45, 7) is 4.04. The van der Waals surface area contributed by atoms with Crippen molar-refractivity contribution in [1.29, 1.82) is 0 Å². The second-order valence-corrected chi connectivity index (χ2v) is 4.81. The predicted molar refractivity (Wildman–Crippen MR) is 63.8 cm³/mol. The molecule has 98 valence electrons. The summed E-state index contributed by atoms with van der Waals surface area (Å²) >= 11 is 0. The predicted octanol–water partition coefficient (Wildman–Crippen LogP) is -0.140. The second-order valence-electron chi connectivity index (χ2n) is 4.81. The highest BCUT2D eigenvalue weighted by Gasteiger charge is 2.36. The molecule has 2 fully saturated rings. The SMILES string of the molecule is COCCOCC(=O)N1CC2CCCNC2C1. The molecule has 0 aromatic carbocycles. The van der Waals surface area contributed by atoms with Crippen molar-refractivity contribution in [2.24, 2.45) is 5.92 Å². The topological polar surface area (TPSA) is 50.8 Å². The van der Waals surface area contributed by atoms with Crippen LogP contribution in [0.5, 0.6) is 0 Å². The molecule has 2 aliphatic heterocycles. The molecule has 2 rings (SSSR count). The van der Waals surface area contributed by atoms with Crippen LogP contribution in [0.1, 0.15) is 12.8 Å². The van der Waals surface area contributed by atoms with Gasteiger partial charge in [0.1, 0.15) is 6.61 Å². The molecule has 2 atom stereocenters. The van der Waals surface area contributed by atoms with Crippen LogP contribution in [0.4, 0.5) is 0 Å². The van der Waals surface area contributed by atoms with Crippen LogP contribution < -0.4 is 5.32 Å². The number of nitrogens with zero attached hydrogens (tertiary/aromatic N) is 1. The molecule has 1 N–H and O–H groups in total. The zero-order chi connectivity index (χ0) is 12.1. The van der Waals surface area contributed by atoms with E-state index in [-0.39, 0.29) is 12.5 Å². The Morgan fingerprint density at radius 1 is 1.41 bits per heavy atom. The van der Waals surface area contributed by atoms with Crippen LogP contribution in [-0.4, -0.2) is 63.4 Å². The van der Waals surface area contributed by atoms with Crippen molar-refractivity contribution < 1.29 is 14.3 Å². The number of hydrogen-bond donors (Lipinski definition) is 1. The molecule has 1 amide bonds. The van der Waals surface area contributed by atoms with Crippen LogP contribution in [0.3, 0.4) is 0 Å². The van der Waals surface area contributed by atoms with E-state index in [0.29, 0.717) is 25.2 Å². The van der Waals surface area contributed by atoms with Gasteiger partial charge in [0.25, 0.3) is 0 Å². The van der Waals surface area contributed by atoms with Gasteiger partial charge >= 0.3 is 0 Å². The van der Waals surface area contributed by atoms with E-state index < -0.39 is 0 Å². The van der Waals surface area contributed by atoms with E-state index in [1.54, 1.807) is 7.11 Å². The van der Waals surface area contributed by atoms with Crippen LogP contribution in [0.15, 0.2) is 0 Å². The van der Waals surface area contributed by atoms with Gasteiger partial charge in [-0.15, -0.1) is 0 Å². The van der Waals surface area contributed by atoms with E-state index in [2.05, 4.69) is 5.32 Å². The fourth-order valence-corrected chi connectivity index (χ4v) is 2.64. The van der Waals surface area contributed by atoms with Gasteiger partial charge in [-0.3, -0.25) is 4.79 Å². The Morgan fingerprint density at radius 3 is 3.06 bits per heavy atom. The van der Waals surface area contributed by atoms with Crippen LogP contribution in [0, 0.1) is 5.92 Å². The molecule has 0 radical (unpaired) electrons. The van der Waals surface area contributed by atoms with Crippen LogP contribution >= 0.6 is 0 Å². The maximum atomic E-state index is 11.9. The molecule has 17 heavy (non-hydrogen) atoms. The third kappa shape index (κ3) is 3.40. The van der Waals surface area contributed by atoms with Gasteiger partial charge in [-0.1, -0.05) is 0 Å². The summed E-state index contributed by atoms with van der Waals surface area (Å²) in [5, 5.41) is 3.49. The van der Waals surface area contributed by atoms with Crippen molar-refractivity contribution in [3.63, 3.8) is 0 Å². The number of piperidine rings is 1. The van der Waals surface area contributed by atoms with Crippen molar-refractivity contribution in [2.45, 2.75) is 18.9 Å². The Kier molecular flexibility index (Phi) is 4.76. The first kappa shape index (κ1) is 12.8. The van der Waals surface area contributed by atoms with Crippen LogP contribution in [0.2, 0.25) is 0 Å². The molecule has 2 unspecified atom stereocenters. The van der Waals surface area contributed by atoms with E-state index in [4.69, 9.17) is 9.47 Å². The normalized spacial score (nSPS) is 28.2. The third-order valence-corrected chi connectivity index (χ3v) is 3.61. The fourth-order valence-electron chi connectivity index (χ4n) is 2.64. The van der Waals surface area contributed by atoms with Crippen LogP contribution in [0.25, 0.3) is 0 Å². The van der Waals surface area contributed by atoms with E-state index in [1.807, 2.05) is 4.90 Å². The smallest absolute Gasteiger partial charge is 0.248 e. The average Bonchev–Trinajstić information content (AvgIpc) is 2.78. The van der Waals surface area contributed by atoms with Gasteiger partial charge in [0, 0.05) is 26.2 Å². The molecule has 0 aliphatic carbocycles. The number of fused-ring (bicyclic) bond motifs is 1. The van der Waals surface area contributed by atoms with E-state index in [9.17, 15) is 4.79 Å². The molecule has 0 spiro atoms. The van der Waals surface area contributed by atoms with Crippen molar-refractivity contribution in [3.8, 4) is 0 Å². The second kappa shape index (κ2) is 6.33. The summed E-state index contributed by atoms with van der Waals surface area (Å²) in [5.41, 5.74) is 0. The highest BCUT2D eigenvalue weighted by Crippen LogP contribution is 2.24. The van der Waals surface area contributed by atoms with Crippen molar-refractivity contribution in [1.82, 2.24) is 10.2 Å². The van der Waals surface area contributed by atoms with Gasteiger partial charge in [-0.05, 0) is 25.3 Å². The minimum atomic E-state index is 0.109. The molecule has 0 aromatic heterocycles. The number of carbonyl (C=O) groups excluding carboxylic acids is 1. The summed E-state index contributed by atoms with van der Waals surface area (Å²) < 4.78 is 10.1. The lowest BCUT2D eigenvalue weighted by Gasteiger charge is -2.24. The minimum absolute atomic E-state index is 0.109. The van der Waals surface area contributed by atoms with Gasteiger partial charge in [-0.2, -0.15) is 0 Å². The Hall–Kier alpha value is -0.650. The number of hydrogen-bond acceptors (Lipinski definition) is 4. The lowest BCUT2D eigenvalue weighted by molar-refractivity contribution is -0.135. The molecular formula is C12H22N2O3. The maximum absolute atomic E-state index is 11.9. The van der Waals surface area contributed by atoms with Gasteiger partial charge in [0.05, 0.1) is 13.2 Å². The summed E-state index contributed by atoms with van der Waals surface area (Å²) in [4.78, 5) is 13.8. The minimum Gasteiger partial charge on any atom is -0.382 e. The zero-order valence-electron chi connectivity index (χ0n) is 10.5. The monoisotopic (exact) mass is 242 g/mol. The Labute approximate surface area is 102 Å². The van der Waals surface area contributed by atoms with Gasteiger partial charge in [0.15, 0.2) is 0 Å². The van der Waals surface area contributed by atoms with E-state index in [0.717, 1.165) is 19.6 Å². The molecular weight excluding hydrogens is 220 g/mol. The average molecular weight is 242 g/mol. The number of methoxy groups -OCH3 is 1. The molecule has 2 heterocycles. The van der Waals surface area contributed by atoms with Crippen molar-refractivity contribution in [2.75, 3.05) is 46.6 Å². The molecule has 2 aliphatic rings. The van der Waals surface area contributed by atoms with Crippen molar-refractivity contribution >= 4 is 5.91 Å². The number of ether oxygens (including phenoxy) is 2. The summed E-state index contributed by atoms with van der Waals surface area (Å²) in [5.74, 6) is 0.754. The summed E-state index contributed by atoms with van der Waals surface area (Å²) in [6, 6.07) is 0.506. The highest BCUT2D eigenvalue weighted by molar-refractivity contribution is 5.77. The zero-order valence-corrected chi connectivity index (χ0v) is 10.5. The Balaban J connectivity index is 1.70. The third-order valence-electron chi connectivity index (χ3n) is 3.61. The summed E-state index contributed by atoms with van der Waals surface area (Å²) in [7, 11) is 1.63. The number of likely N-dealkylation sites (tertiary alicyclic amines) is 1. The number of carbonyl (C=O) groups is 1. The molecule has 5 nitrogen and oxygen atoms in total. The van der Waals surface area contributed by atoms with E-state index >= 15 is 0 Å². The number of amides is 1. The molecule has 0 bridgehead atoms. The standard InChI is InChI=1S/C12H22N2O3/c1-16-5-6-17-9-12(15)14-7-10-3-2-4-13-11(10)8-14/h10-11,13H,2-9H2,1H3. The Morgan fingerprint density at radius 2 is 2.29 bits per heavy atom. The first-order chi connectivity index (χ1) is 8.31. The number of nitrogens with one attached hydrogen (secondary N) is 1. The van der Waals surface area contributed by atoms with Gasteiger partial charge in [0.2, 0.25) is 5.91 Å². The molecule has 5 heteroatoms. The molecule has 0 saturated carbocycles. The molecule has 2 saturated heterocycles. The maximum Gasteiger partial charge on any atom is 0.248 e. The first-order valence-corrected chi connectivity index (χ1v) is 6.39. The van der Waals surface area contributed by atoms with Crippen LogP contribution in [-0.2, 0) is 14.3 Å². The highest BCUT2D eigenvalue weighted by atomic mass is 16.5. The van der Waals surface area contributed by atoms with Crippen molar-refractivity contribution in [3.05, 3.63) is 0 Å². The fraction of sp³-hybridized carbons (Fsp3) is 0.917. The number of rotatable bonds is 5. The molecule has 0 aromatic rings. The van der Waals surface area contributed by atoms with Gasteiger partial charge in [-0.25, -0.2) is 0 Å². The lowest BCUT2D eigenvalue weighted by Crippen LogP contribution is -2.41. The quantitative estimate of drug-likeness (QED) is 0.682. The Bertz CT molecular complexity index is 246. The lowest BCUT2D eigenvalue weighted by atomic mass is 9.94. The van der Waals surface area contributed by atoms with E-state index in [1.165, 1.54) is 12.8 Å². The largest absolute Gasteiger partial charge is 0.382 e. The van der Waals surface area contributed by atoms with Gasteiger partial charge < -0.3 is 19.7 Å².